The van der Waals surface area contributed by atoms with Gasteiger partial charge in [-0.2, -0.15) is 0 Å². The van der Waals surface area contributed by atoms with Crippen LogP contribution in [-0.2, 0) is 23.8 Å². The Morgan fingerprint density at radius 1 is 1.07 bits per heavy atom. The average Bonchev–Trinajstić information content (AvgIpc) is 3.00. The first kappa shape index (κ1) is 22.4. The molecule has 1 heterocycles. The number of aromatic nitrogens is 1. The first-order valence-electron chi connectivity index (χ1n) is 8.53. The maximum atomic E-state index is 12.4. The lowest BCUT2D eigenvalue weighted by Gasteiger charge is -2.26. The fraction of sp³-hybridized carbons (Fsp3) is 0.579. The molecule has 1 aromatic heterocycles. The number of hydrogen-bond acceptors (Lipinski definition) is 7. The molecule has 0 fully saturated rings. The van der Waals surface area contributed by atoms with Gasteiger partial charge in [-0.15, -0.1) is 0 Å². The third kappa shape index (κ3) is 5.42. The Morgan fingerprint density at radius 2 is 1.59 bits per heavy atom. The van der Waals surface area contributed by atoms with Gasteiger partial charge in [0.25, 0.3) is 0 Å². The minimum Gasteiger partial charge on any atom is -0.468 e. The van der Waals surface area contributed by atoms with Crippen molar-refractivity contribution in [1.82, 2.24) is 4.57 Å². The Bertz CT molecular complexity index is 696. The summed E-state index contributed by atoms with van der Waals surface area (Å²) in [6, 6.07) is 1.46. The molecule has 0 aliphatic heterocycles. The minimum atomic E-state index is -1.23. The van der Waals surface area contributed by atoms with Gasteiger partial charge in [-0.1, -0.05) is 13.8 Å². The molecule has 27 heavy (non-hydrogen) atoms. The van der Waals surface area contributed by atoms with Crippen molar-refractivity contribution >= 4 is 24.3 Å². The third-order valence-electron chi connectivity index (χ3n) is 3.95. The van der Waals surface area contributed by atoms with Crippen LogP contribution in [-0.4, -0.2) is 48.7 Å². The molecule has 0 bridgehead atoms. The molecule has 0 saturated carbocycles. The topological polar surface area (TPSA) is 101 Å². The molecule has 1 atom stereocenters. The summed E-state index contributed by atoms with van der Waals surface area (Å²) in [6.07, 6.45) is 1.18. The van der Waals surface area contributed by atoms with Crippen LogP contribution in [0.2, 0.25) is 0 Å². The number of nitrogens with zero attached hydrogens (tertiary/aromatic N) is 1. The zero-order valence-electron chi connectivity index (χ0n) is 16.8. The number of esters is 2. The molecule has 1 unspecified atom stereocenters. The van der Waals surface area contributed by atoms with Crippen molar-refractivity contribution in [2.75, 3.05) is 14.2 Å². The summed E-state index contributed by atoms with van der Waals surface area (Å²) in [6.45, 7) is 8.75. The highest BCUT2D eigenvalue weighted by Crippen LogP contribution is 2.35. The lowest BCUT2D eigenvalue weighted by Crippen LogP contribution is -2.34. The number of methoxy groups -OCH3 is 2. The molecule has 8 nitrogen and oxygen atoms in total. The summed E-state index contributed by atoms with van der Waals surface area (Å²) >= 11 is 0. The molecule has 0 aliphatic rings. The Kier molecular flexibility index (Phi) is 7.33. The highest BCUT2D eigenvalue weighted by atomic mass is 16.6. The largest absolute Gasteiger partial charge is 0.468 e. The van der Waals surface area contributed by atoms with Crippen molar-refractivity contribution < 1.29 is 33.4 Å². The average molecular weight is 381 g/mol. The highest BCUT2D eigenvalue weighted by molar-refractivity contribution is 5.96. The van der Waals surface area contributed by atoms with E-state index in [2.05, 4.69) is 0 Å². The van der Waals surface area contributed by atoms with Gasteiger partial charge in [0.05, 0.1) is 19.9 Å². The van der Waals surface area contributed by atoms with Crippen LogP contribution in [0.15, 0.2) is 12.3 Å². The van der Waals surface area contributed by atoms with E-state index in [0.717, 1.165) is 4.57 Å². The number of carbonyl (C=O) groups is 4. The molecular formula is C19H27NO7. The van der Waals surface area contributed by atoms with Crippen molar-refractivity contribution in [3.63, 3.8) is 0 Å². The predicted molar refractivity (Wildman–Crippen MR) is 96.6 cm³/mol. The van der Waals surface area contributed by atoms with Crippen molar-refractivity contribution in [1.29, 1.82) is 0 Å². The SMILES string of the molecule is COC(=O)C(C(=O)OC)C(c1cc(C=O)n(C(=O)OC(C)(C)C)c1)C(C)C. The van der Waals surface area contributed by atoms with Gasteiger partial charge in [0, 0.05) is 12.1 Å². The van der Waals surface area contributed by atoms with Crippen molar-refractivity contribution in [2.45, 2.75) is 46.1 Å². The second-order valence-electron chi connectivity index (χ2n) is 7.46. The molecule has 1 rings (SSSR count). The van der Waals surface area contributed by atoms with E-state index in [4.69, 9.17) is 14.2 Å². The molecule has 0 amide bonds. The minimum absolute atomic E-state index is 0.0541. The zero-order valence-corrected chi connectivity index (χ0v) is 16.8. The van der Waals surface area contributed by atoms with Crippen molar-refractivity contribution in [3.8, 4) is 0 Å². The van der Waals surface area contributed by atoms with Crippen molar-refractivity contribution in [2.24, 2.45) is 11.8 Å². The van der Waals surface area contributed by atoms with Gasteiger partial charge < -0.3 is 14.2 Å². The zero-order chi connectivity index (χ0) is 20.9. The van der Waals surface area contributed by atoms with Crippen LogP contribution < -0.4 is 0 Å². The molecule has 0 spiro atoms. The van der Waals surface area contributed by atoms with Crippen LogP contribution in [0.4, 0.5) is 4.79 Å². The van der Waals surface area contributed by atoms with E-state index in [0.29, 0.717) is 11.8 Å². The molecule has 0 N–H and O–H groups in total. The Balaban J connectivity index is 3.45. The lowest BCUT2D eigenvalue weighted by molar-refractivity contribution is -0.160. The van der Waals surface area contributed by atoms with Gasteiger partial charge in [-0.25, -0.2) is 9.36 Å². The summed E-state index contributed by atoms with van der Waals surface area (Å²) in [7, 11) is 2.36. The quantitative estimate of drug-likeness (QED) is 0.323. The van der Waals surface area contributed by atoms with Crippen LogP contribution in [0.1, 0.15) is 56.6 Å². The molecular weight excluding hydrogens is 354 g/mol. The van der Waals surface area contributed by atoms with Crippen molar-refractivity contribution in [3.05, 3.63) is 23.5 Å². The van der Waals surface area contributed by atoms with Crippen LogP contribution in [0.25, 0.3) is 0 Å². The fourth-order valence-corrected chi connectivity index (χ4v) is 2.85. The van der Waals surface area contributed by atoms with Gasteiger partial charge in [0.15, 0.2) is 12.2 Å². The second-order valence-corrected chi connectivity index (χ2v) is 7.46. The van der Waals surface area contributed by atoms with E-state index < -0.39 is 35.5 Å². The Labute approximate surface area is 158 Å². The van der Waals surface area contributed by atoms with E-state index in [1.807, 2.05) is 13.8 Å². The lowest BCUT2D eigenvalue weighted by atomic mass is 9.79. The molecule has 0 aliphatic carbocycles. The molecule has 1 aromatic rings. The van der Waals surface area contributed by atoms with Crippen LogP contribution in [0.5, 0.6) is 0 Å². The van der Waals surface area contributed by atoms with E-state index in [1.54, 1.807) is 20.8 Å². The van der Waals surface area contributed by atoms with Gasteiger partial charge in [-0.3, -0.25) is 14.4 Å². The molecule has 8 heteroatoms. The number of rotatable bonds is 6. The van der Waals surface area contributed by atoms with E-state index in [9.17, 15) is 19.2 Å². The van der Waals surface area contributed by atoms with Crippen LogP contribution in [0.3, 0.4) is 0 Å². The van der Waals surface area contributed by atoms with E-state index in [-0.39, 0.29) is 11.6 Å². The Hall–Kier alpha value is -2.64. The number of carbonyl (C=O) groups excluding carboxylic acids is 4. The summed E-state index contributed by atoms with van der Waals surface area (Å²) < 4.78 is 15.9. The van der Waals surface area contributed by atoms with E-state index in [1.165, 1.54) is 26.5 Å². The molecule has 0 radical (unpaired) electrons. The highest BCUT2D eigenvalue weighted by Gasteiger charge is 2.40. The number of aldehydes is 1. The van der Waals surface area contributed by atoms with Crippen LogP contribution in [0, 0.1) is 11.8 Å². The number of hydrogen-bond donors (Lipinski definition) is 0. The summed E-state index contributed by atoms with van der Waals surface area (Å²) in [4.78, 5) is 48.3. The Morgan fingerprint density at radius 3 is 1.96 bits per heavy atom. The monoisotopic (exact) mass is 381 g/mol. The maximum absolute atomic E-state index is 12.4. The van der Waals surface area contributed by atoms with Gasteiger partial charge in [0.1, 0.15) is 5.60 Å². The van der Waals surface area contributed by atoms with Crippen LogP contribution >= 0.6 is 0 Å². The maximum Gasteiger partial charge on any atom is 0.419 e. The van der Waals surface area contributed by atoms with Gasteiger partial charge >= 0.3 is 18.0 Å². The predicted octanol–water partition coefficient (Wildman–Crippen LogP) is 2.79. The smallest absolute Gasteiger partial charge is 0.419 e. The third-order valence-corrected chi connectivity index (χ3v) is 3.95. The summed E-state index contributed by atoms with van der Waals surface area (Å²) in [5, 5.41) is 0. The molecule has 0 saturated heterocycles. The molecule has 150 valence electrons. The van der Waals surface area contributed by atoms with Gasteiger partial charge in [-0.05, 0) is 38.3 Å². The first-order chi connectivity index (χ1) is 12.5. The summed E-state index contributed by atoms with van der Waals surface area (Å²) in [5.41, 5.74) is -0.239. The first-order valence-corrected chi connectivity index (χ1v) is 8.53. The summed E-state index contributed by atoms with van der Waals surface area (Å²) in [5.74, 6) is -3.58. The van der Waals surface area contributed by atoms with Gasteiger partial charge in [0.2, 0.25) is 0 Å². The fourth-order valence-electron chi connectivity index (χ4n) is 2.85. The van der Waals surface area contributed by atoms with E-state index >= 15 is 0 Å². The number of ether oxygens (including phenoxy) is 3. The molecule has 0 aromatic carbocycles. The normalized spacial score (nSPS) is 12.6. The standard InChI is InChI=1S/C19H27NO7/c1-11(2)14(15(16(22)25-6)17(23)26-7)12-8-13(10-21)20(9-12)18(24)27-19(3,4)5/h8-11,14-15H,1-7H3. The second kappa shape index (κ2) is 8.83.